The number of fused-ring (bicyclic) bond motifs is 1. The lowest BCUT2D eigenvalue weighted by molar-refractivity contribution is 0.0952. The SMILES string of the molecule is CN1CCC(Nc2ncc3c(n2)NCNC3=O)CC1. The summed E-state index contributed by atoms with van der Waals surface area (Å²) < 4.78 is 0. The molecule has 19 heavy (non-hydrogen) atoms. The lowest BCUT2D eigenvalue weighted by atomic mass is 10.1. The molecule has 0 saturated carbocycles. The van der Waals surface area contributed by atoms with Crippen LogP contribution in [-0.2, 0) is 0 Å². The van der Waals surface area contributed by atoms with Crippen molar-refractivity contribution < 1.29 is 4.79 Å². The van der Waals surface area contributed by atoms with Gasteiger partial charge in [-0.15, -0.1) is 0 Å². The Bertz CT molecular complexity index is 483. The molecule has 0 unspecified atom stereocenters. The summed E-state index contributed by atoms with van der Waals surface area (Å²) in [6.45, 7) is 2.59. The van der Waals surface area contributed by atoms with Gasteiger partial charge in [-0.1, -0.05) is 0 Å². The first-order valence-electron chi connectivity index (χ1n) is 6.56. The van der Waals surface area contributed by atoms with Crippen molar-refractivity contribution in [2.24, 2.45) is 0 Å². The summed E-state index contributed by atoms with van der Waals surface area (Å²) in [5, 5.41) is 9.08. The fraction of sp³-hybridized carbons (Fsp3) is 0.583. The zero-order chi connectivity index (χ0) is 13.2. The summed E-state index contributed by atoms with van der Waals surface area (Å²) >= 11 is 0. The molecule has 2 aliphatic heterocycles. The first kappa shape index (κ1) is 12.2. The minimum Gasteiger partial charge on any atom is -0.352 e. The van der Waals surface area contributed by atoms with Crippen molar-refractivity contribution in [3.63, 3.8) is 0 Å². The third-order valence-electron chi connectivity index (χ3n) is 3.59. The van der Waals surface area contributed by atoms with E-state index in [0.29, 0.717) is 30.0 Å². The average Bonchev–Trinajstić information content (AvgIpc) is 2.42. The summed E-state index contributed by atoms with van der Waals surface area (Å²) in [6, 6.07) is 0.409. The maximum absolute atomic E-state index is 11.6. The van der Waals surface area contributed by atoms with Gasteiger partial charge >= 0.3 is 0 Å². The maximum atomic E-state index is 11.6. The zero-order valence-corrected chi connectivity index (χ0v) is 10.9. The molecule has 3 rings (SSSR count). The molecule has 0 atom stereocenters. The van der Waals surface area contributed by atoms with Gasteiger partial charge in [-0.25, -0.2) is 4.98 Å². The number of nitrogens with zero attached hydrogens (tertiary/aromatic N) is 3. The molecule has 1 amide bonds. The monoisotopic (exact) mass is 262 g/mol. The molecule has 2 aliphatic rings. The Kier molecular flexibility index (Phi) is 3.20. The normalized spacial score (nSPS) is 20.4. The molecule has 0 aromatic carbocycles. The lowest BCUT2D eigenvalue weighted by Crippen LogP contribution is -2.38. The molecule has 1 fully saturated rings. The van der Waals surface area contributed by atoms with Gasteiger partial charge in [0.1, 0.15) is 11.4 Å². The first-order valence-corrected chi connectivity index (χ1v) is 6.56. The molecule has 0 spiro atoms. The van der Waals surface area contributed by atoms with E-state index in [1.54, 1.807) is 6.20 Å². The highest BCUT2D eigenvalue weighted by atomic mass is 16.1. The lowest BCUT2D eigenvalue weighted by Gasteiger charge is -2.29. The first-order chi connectivity index (χ1) is 9.22. The predicted octanol–water partition coefficient (Wildman–Crippen LogP) is 0.0955. The quantitative estimate of drug-likeness (QED) is 0.701. The highest BCUT2D eigenvalue weighted by molar-refractivity contribution is 6.00. The number of amides is 1. The van der Waals surface area contributed by atoms with E-state index in [1.807, 2.05) is 0 Å². The number of carbonyl (C=O) groups excluding carboxylic acids is 1. The number of aromatic nitrogens is 2. The molecular weight excluding hydrogens is 244 g/mol. The smallest absolute Gasteiger partial charge is 0.257 e. The van der Waals surface area contributed by atoms with E-state index >= 15 is 0 Å². The van der Waals surface area contributed by atoms with Crippen molar-refractivity contribution >= 4 is 17.7 Å². The molecular formula is C12H18N6O. The minimum atomic E-state index is -0.125. The zero-order valence-electron chi connectivity index (χ0n) is 10.9. The van der Waals surface area contributed by atoms with E-state index in [0.717, 1.165) is 25.9 Å². The van der Waals surface area contributed by atoms with Gasteiger partial charge in [0.15, 0.2) is 0 Å². The van der Waals surface area contributed by atoms with Gasteiger partial charge in [0.2, 0.25) is 5.95 Å². The van der Waals surface area contributed by atoms with Crippen molar-refractivity contribution in [2.45, 2.75) is 18.9 Å². The average molecular weight is 262 g/mol. The van der Waals surface area contributed by atoms with Crippen LogP contribution in [0.2, 0.25) is 0 Å². The Balaban J connectivity index is 1.70. The van der Waals surface area contributed by atoms with Crippen molar-refractivity contribution in [1.82, 2.24) is 20.2 Å². The molecule has 1 saturated heterocycles. The molecule has 7 heteroatoms. The highest BCUT2D eigenvalue weighted by Gasteiger charge is 2.21. The van der Waals surface area contributed by atoms with Crippen LogP contribution in [0.15, 0.2) is 6.20 Å². The van der Waals surface area contributed by atoms with Crippen molar-refractivity contribution in [3.05, 3.63) is 11.8 Å². The van der Waals surface area contributed by atoms with Crippen LogP contribution in [-0.4, -0.2) is 53.6 Å². The molecule has 7 nitrogen and oxygen atoms in total. The summed E-state index contributed by atoms with van der Waals surface area (Å²) in [7, 11) is 2.13. The minimum absolute atomic E-state index is 0.125. The van der Waals surface area contributed by atoms with Crippen LogP contribution < -0.4 is 16.0 Å². The van der Waals surface area contributed by atoms with E-state index in [9.17, 15) is 4.79 Å². The van der Waals surface area contributed by atoms with Gasteiger partial charge < -0.3 is 20.9 Å². The Morgan fingerprint density at radius 3 is 2.95 bits per heavy atom. The van der Waals surface area contributed by atoms with Crippen LogP contribution in [0.1, 0.15) is 23.2 Å². The molecule has 3 heterocycles. The van der Waals surface area contributed by atoms with Crippen molar-refractivity contribution in [1.29, 1.82) is 0 Å². The second kappa shape index (κ2) is 5.00. The van der Waals surface area contributed by atoms with Crippen LogP contribution in [0.4, 0.5) is 11.8 Å². The van der Waals surface area contributed by atoms with E-state index in [2.05, 4.69) is 37.9 Å². The number of rotatable bonds is 2. The van der Waals surface area contributed by atoms with Crippen molar-refractivity contribution in [3.8, 4) is 0 Å². The summed E-state index contributed by atoms with van der Waals surface area (Å²) in [4.78, 5) is 22.5. The molecule has 0 radical (unpaired) electrons. The summed E-state index contributed by atoms with van der Waals surface area (Å²) in [6.07, 6.45) is 3.75. The Hall–Kier alpha value is -1.89. The summed E-state index contributed by atoms with van der Waals surface area (Å²) in [5.74, 6) is 1.07. The van der Waals surface area contributed by atoms with Gasteiger partial charge in [-0.05, 0) is 33.0 Å². The molecule has 3 N–H and O–H groups in total. The fourth-order valence-corrected chi connectivity index (χ4v) is 2.39. The number of anilines is 2. The van der Waals surface area contributed by atoms with Crippen LogP contribution in [0.3, 0.4) is 0 Å². The van der Waals surface area contributed by atoms with Gasteiger partial charge in [0, 0.05) is 12.2 Å². The van der Waals surface area contributed by atoms with Crippen LogP contribution in [0.5, 0.6) is 0 Å². The van der Waals surface area contributed by atoms with Crippen LogP contribution in [0, 0.1) is 0 Å². The Labute approximate surface area is 111 Å². The molecule has 0 bridgehead atoms. The standard InChI is InChI=1S/C12H18N6O/c1-18-4-2-8(3-5-18)16-12-13-6-9-10(17-12)14-7-15-11(9)19/h6,8H,2-5,7H2,1H3,(H,15,19)(H2,13,14,16,17). The van der Waals surface area contributed by atoms with Crippen LogP contribution >= 0.6 is 0 Å². The van der Waals surface area contributed by atoms with E-state index in [4.69, 9.17) is 0 Å². The second-order valence-corrected chi connectivity index (χ2v) is 5.04. The molecule has 0 aliphatic carbocycles. The van der Waals surface area contributed by atoms with Crippen LogP contribution in [0.25, 0.3) is 0 Å². The summed E-state index contributed by atoms with van der Waals surface area (Å²) in [5.41, 5.74) is 0.500. The number of piperidine rings is 1. The number of hydrogen-bond donors (Lipinski definition) is 3. The number of carbonyl (C=O) groups is 1. The molecule has 1 aromatic heterocycles. The second-order valence-electron chi connectivity index (χ2n) is 5.04. The largest absolute Gasteiger partial charge is 0.352 e. The predicted molar refractivity (Wildman–Crippen MR) is 72.1 cm³/mol. The van der Waals surface area contributed by atoms with E-state index < -0.39 is 0 Å². The Morgan fingerprint density at radius 2 is 2.16 bits per heavy atom. The Morgan fingerprint density at radius 1 is 1.37 bits per heavy atom. The number of nitrogens with one attached hydrogen (secondary N) is 3. The van der Waals surface area contributed by atoms with Crippen molar-refractivity contribution in [2.75, 3.05) is 37.4 Å². The molecule has 102 valence electrons. The number of hydrogen-bond acceptors (Lipinski definition) is 6. The third kappa shape index (κ3) is 2.60. The number of likely N-dealkylation sites (tertiary alicyclic amines) is 1. The third-order valence-corrected chi connectivity index (χ3v) is 3.59. The van der Waals surface area contributed by atoms with E-state index in [-0.39, 0.29) is 5.91 Å². The van der Waals surface area contributed by atoms with Gasteiger partial charge in [-0.2, -0.15) is 4.98 Å². The fourth-order valence-electron chi connectivity index (χ4n) is 2.39. The highest BCUT2D eigenvalue weighted by Crippen LogP contribution is 2.18. The van der Waals surface area contributed by atoms with Gasteiger partial charge in [0.05, 0.1) is 6.67 Å². The van der Waals surface area contributed by atoms with Gasteiger partial charge in [0.25, 0.3) is 5.91 Å². The van der Waals surface area contributed by atoms with E-state index in [1.165, 1.54) is 0 Å². The topological polar surface area (TPSA) is 82.2 Å². The maximum Gasteiger partial charge on any atom is 0.257 e. The van der Waals surface area contributed by atoms with Gasteiger partial charge in [-0.3, -0.25) is 4.79 Å². The molecule has 1 aromatic rings.